The molecule has 1 saturated carbocycles. The number of nitrogens with zero attached hydrogens (tertiary/aromatic N) is 2. The van der Waals surface area contributed by atoms with Crippen LogP contribution in [0.3, 0.4) is 0 Å². The summed E-state index contributed by atoms with van der Waals surface area (Å²) < 4.78 is 0. The molecular formula is C15H29N3. The van der Waals surface area contributed by atoms with Gasteiger partial charge in [0.15, 0.2) is 0 Å². The first-order chi connectivity index (χ1) is 8.81. The second kappa shape index (κ2) is 5.89. The van der Waals surface area contributed by atoms with Crippen LogP contribution in [-0.2, 0) is 0 Å². The Labute approximate surface area is 112 Å². The first-order valence-electron chi connectivity index (χ1n) is 7.98. The van der Waals surface area contributed by atoms with E-state index >= 15 is 0 Å². The molecular weight excluding hydrogens is 222 g/mol. The Morgan fingerprint density at radius 3 is 2.17 bits per heavy atom. The molecule has 2 aliphatic heterocycles. The highest BCUT2D eigenvalue weighted by Crippen LogP contribution is 2.29. The normalized spacial score (nSPS) is 36.5. The zero-order valence-electron chi connectivity index (χ0n) is 11.9. The molecule has 104 valence electrons. The summed E-state index contributed by atoms with van der Waals surface area (Å²) in [7, 11) is 0. The molecule has 2 heterocycles. The lowest BCUT2D eigenvalue weighted by Crippen LogP contribution is -2.61. The van der Waals surface area contributed by atoms with E-state index in [1.54, 1.807) is 0 Å². The van der Waals surface area contributed by atoms with Crippen molar-refractivity contribution in [1.29, 1.82) is 0 Å². The van der Waals surface area contributed by atoms with Crippen molar-refractivity contribution in [2.75, 3.05) is 45.8 Å². The molecule has 3 nitrogen and oxygen atoms in total. The highest BCUT2D eigenvalue weighted by Gasteiger charge is 2.28. The van der Waals surface area contributed by atoms with E-state index in [1.807, 2.05) is 0 Å². The minimum Gasteiger partial charge on any atom is -0.314 e. The molecule has 0 atom stereocenters. The third-order valence-corrected chi connectivity index (χ3v) is 5.34. The summed E-state index contributed by atoms with van der Waals surface area (Å²) >= 11 is 0. The second-order valence-electron chi connectivity index (χ2n) is 6.77. The molecule has 0 bridgehead atoms. The molecule has 0 spiro atoms. The topological polar surface area (TPSA) is 18.5 Å². The lowest BCUT2D eigenvalue weighted by atomic mass is 9.83. The van der Waals surface area contributed by atoms with Crippen LogP contribution < -0.4 is 5.32 Å². The van der Waals surface area contributed by atoms with Crippen LogP contribution in [0.25, 0.3) is 0 Å². The SMILES string of the molecule is CC1CCC(CN2CCN(C3CNC3)CC2)CC1. The van der Waals surface area contributed by atoms with Crippen LogP contribution >= 0.6 is 0 Å². The summed E-state index contributed by atoms with van der Waals surface area (Å²) in [5.74, 6) is 1.99. The van der Waals surface area contributed by atoms with E-state index in [0.29, 0.717) is 0 Å². The summed E-state index contributed by atoms with van der Waals surface area (Å²) in [6.45, 7) is 11.5. The molecule has 18 heavy (non-hydrogen) atoms. The van der Waals surface area contributed by atoms with Gasteiger partial charge < -0.3 is 10.2 Å². The summed E-state index contributed by atoms with van der Waals surface area (Å²) in [6.07, 6.45) is 5.90. The predicted molar refractivity (Wildman–Crippen MR) is 75.8 cm³/mol. The van der Waals surface area contributed by atoms with Gasteiger partial charge in [0, 0.05) is 51.9 Å². The molecule has 3 fully saturated rings. The first kappa shape index (κ1) is 12.9. The average Bonchev–Trinajstić information content (AvgIpc) is 2.32. The fourth-order valence-electron chi connectivity index (χ4n) is 3.72. The highest BCUT2D eigenvalue weighted by molar-refractivity contribution is 4.88. The molecule has 2 saturated heterocycles. The van der Waals surface area contributed by atoms with Gasteiger partial charge in [-0.25, -0.2) is 0 Å². The Kier molecular flexibility index (Phi) is 4.22. The standard InChI is InChI=1S/C15H29N3/c1-13-2-4-14(5-3-13)12-17-6-8-18(9-7-17)15-10-16-11-15/h13-16H,2-12H2,1H3. The Morgan fingerprint density at radius 1 is 0.944 bits per heavy atom. The number of hydrogen-bond acceptors (Lipinski definition) is 3. The number of nitrogens with one attached hydrogen (secondary N) is 1. The van der Waals surface area contributed by atoms with Gasteiger partial charge in [-0.1, -0.05) is 19.8 Å². The Balaban J connectivity index is 1.37. The number of hydrogen-bond donors (Lipinski definition) is 1. The predicted octanol–water partition coefficient (Wildman–Crippen LogP) is 1.40. The molecule has 0 aromatic heterocycles. The van der Waals surface area contributed by atoms with Gasteiger partial charge in [0.2, 0.25) is 0 Å². The molecule has 3 heteroatoms. The van der Waals surface area contributed by atoms with E-state index in [9.17, 15) is 0 Å². The van der Waals surface area contributed by atoms with Crippen LogP contribution in [0.1, 0.15) is 32.6 Å². The zero-order chi connectivity index (χ0) is 12.4. The van der Waals surface area contributed by atoms with Crippen LogP contribution in [0.15, 0.2) is 0 Å². The van der Waals surface area contributed by atoms with Gasteiger partial charge in [0.1, 0.15) is 0 Å². The molecule has 0 aromatic carbocycles. The summed E-state index contributed by atoms with van der Waals surface area (Å²) in [4.78, 5) is 5.42. The third-order valence-electron chi connectivity index (χ3n) is 5.34. The zero-order valence-corrected chi connectivity index (χ0v) is 11.9. The quantitative estimate of drug-likeness (QED) is 0.818. The Bertz CT molecular complexity index is 248. The van der Waals surface area contributed by atoms with Crippen LogP contribution in [0.4, 0.5) is 0 Å². The van der Waals surface area contributed by atoms with Crippen LogP contribution in [0, 0.1) is 11.8 Å². The maximum Gasteiger partial charge on any atom is 0.0346 e. The van der Waals surface area contributed by atoms with Gasteiger partial charge in [-0.05, 0) is 24.7 Å². The van der Waals surface area contributed by atoms with Gasteiger partial charge in [-0.3, -0.25) is 4.90 Å². The van der Waals surface area contributed by atoms with E-state index in [0.717, 1.165) is 17.9 Å². The monoisotopic (exact) mass is 251 g/mol. The minimum atomic E-state index is 0.850. The first-order valence-corrected chi connectivity index (χ1v) is 7.98. The van der Waals surface area contributed by atoms with E-state index in [1.165, 1.54) is 71.5 Å². The van der Waals surface area contributed by atoms with Crippen molar-refractivity contribution < 1.29 is 0 Å². The largest absolute Gasteiger partial charge is 0.314 e. The lowest BCUT2D eigenvalue weighted by molar-refractivity contribution is 0.0603. The Hall–Kier alpha value is -0.120. The van der Waals surface area contributed by atoms with Gasteiger partial charge in [0.05, 0.1) is 0 Å². The van der Waals surface area contributed by atoms with E-state index in [2.05, 4.69) is 22.0 Å². The maximum atomic E-state index is 3.38. The highest BCUT2D eigenvalue weighted by atomic mass is 15.3. The lowest BCUT2D eigenvalue weighted by Gasteiger charge is -2.44. The molecule has 0 radical (unpaired) electrons. The smallest absolute Gasteiger partial charge is 0.0346 e. The Morgan fingerprint density at radius 2 is 1.61 bits per heavy atom. The van der Waals surface area contributed by atoms with Gasteiger partial charge >= 0.3 is 0 Å². The second-order valence-corrected chi connectivity index (χ2v) is 6.77. The molecule has 0 aromatic rings. The summed E-state index contributed by atoms with van der Waals surface area (Å²) in [6, 6.07) is 0.850. The van der Waals surface area contributed by atoms with Crippen molar-refractivity contribution in [1.82, 2.24) is 15.1 Å². The molecule has 0 unspecified atom stereocenters. The molecule has 1 aliphatic carbocycles. The van der Waals surface area contributed by atoms with Gasteiger partial charge in [-0.15, -0.1) is 0 Å². The molecule has 0 amide bonds. The van der Waals surface area contributed by atoms with Crippen molar-refractivity contribution in [3.63, 3.8) is 0 Å². The number of piperazine rings is 1. The van der Waals surface area contributed by atoms with E-state index < -0.39 is 0 Å². The summed E-state index contributed by atoms with van der Waals surface area (Å²) in [5.41, 5.74) is 0. The van der Waals surface area contributed by atoms with Gasteiger partial charge in [0.25, 0.3) is 0 Å². The van der Waals surface area contributed by atoms with Crippen molar-refractivity contribution in [2.45, 2.75) is 38.6 Å². The van der Waals surface area contributed by atoms with Crippen LogP contribution in [0.2, 0.25) is 0 Å². The van der Waals surface area contributed by atoms with Crippen molar-refractivity contribution in [3.8, 4) is 0 Å². The van der Waals surface area contributed by atoms with Crippen molar-refractivity contribution in [2.24, 2.45) is 11.8 Å². The fraction of sp³-hybridized carbons (Fsp3) is 1.00. The van der Waals surface area contributed by atoms with E-state index in [-0.39, 0.29) is 0 Å². The molecule has 3 rings (SSSR count). The molecule has 3 aliphatic rings. The average molecular weight is 251 g/mol. The fourth-order valence-corrected chi connectivity index (χ4v) is 3.72. The molecule has 1 N–H and O–H groups in total. The van der Waals surface area contributed by atoms with Crippen molar-refractivity contribution in [3.05, 3.63) is 0 Å². The third kappa shape index (κ3) is 3.06. The van der Waals surface area contributed by atoms with Crippen LogP contribution in [-0.4, -0.2) is 61.7 Å². The van der Waals surface area contributed by atoms with E-state index in [4.69, 9.17) is 0 Å². The maximum absolute atomic E-state index is 3.38. The minimum absolute atomic E-state index is 0.850. The summed E-state index contributed by atoms with van der Waals surface area (Å²) in [5, 5.41) is 3.38. The van der Waals surface area contributed by atoms with Crippen LogP contribution in [0.5, 0.6) is 0 Å². The number of rotatable bonds is 3. The van der Waals surface area contributed by atoms with Gasteiger partial charge in [-0.2, -0.15) is 0 Å². The van der Waals surface area contributed by atoms with Crippen molar-refractivity contribution >= 4 is 0 Å².